The average Bonchev–Trinajstić information content (AvgIpc) is 3.26. The molecule has 8 heteroatoms. The predicted octanol–water partition coefficient (Wildman–Crippen LogP) is 5.82. The molecule has 2 heterocycles. The maximum atomic E-state index is 13.1. The molecule has 0 unspecified atom stereocenters. The van der Waals surface area contributed by atoms with Gasteiger partial charge < -0.3 is 9.84 Å². The zero-order chi connectivity index (χ0) is 24.3. The van der Waals surface area contributed by atoms with E-state index in [0.29, 0.717) is 23.4 Å². The van der Waals surface area contributed by atoms with Crippen molar-refractivity contribution in [3.63, 3.8) is 0 Å². The molecule has 4 rings (SSSR count). The van der Waals surface area contributed by atoms with Crippen LogP contribution in [0.1, 0.15) is 38.1 Å². The van der Waals surface area contributed by atoms with Crippen molar-refractivity contribution < 1.29 is 8.73 Å². The van der Waals surface area contributed by atoms with Gasteiger partial charge in [-0.25, -0.2) is 18.8 Å². The van der Waals surface area contributed by atoms with E-state index in [2.05, 4.69) is 25.0 Å². The monoisotopic (exact) mass is 473 g/mol. The number of aromatic nitrogens is 2. The lowest BCUT2D eigenvalue weighted by molar-refractivity contribution is 0.459. The molecule has 0 saturated heterocycles. The number of nitrogens with one attached hydrogen (secondary N) is 2. The number of anilines is 1. The predicted molar refractivity (Wildman–Crippen MR) is 137 cm³/mol. The van der Waals surface area contributed by atoms with E-state index in [-0.39, 0.29) is 6.04 Å². The van der Waals surface area contributed by atoms with Crippen LogP contribution in [0.4, 0.5) is 11.5 Å². The number of pyridine rings is 1. The molecule has 2 aromatic carbocycles. The van der Waals surface area contributed by atoms with Gasteiger partial charge >= 0.3 is 0 Å². The molecule has 7 nitrogen and oxygen atoms in total. The number of hydrogen-bond acceptors (Lipinski definition) is 5. The molecule has 4 aromatic rings. The summed E-state index contributed by atoms with van der Waals surface area (Å²) in [5.41, 5.74) is 4.44. The van der Waals surface area contributed by atoms with E-state index in [1.54, 1.807) is 12.1 Å². The molecule has 0 aliphatic carbocycles. The second-order valence-electron chi connectivity index (χ2n) is 8.93. The Balaban J connectivity index is 1.81. The molecule has 0 spiro atoms. The molecule has 0 fully saturated rings. The molecule has 2 aromatic heterocycles. The van der Waals surface area contributed by atoms with Crippen molar-refractivity contribution in [1.29, 1.82) is 0 Å². The summed E-state index contributed by atoms with van der Waals surface area (Å²) in [6.07, 6.45) is 0.534. The maximum absolute atomic E-state index is 13.1. The highest BCUT2D eigenvalue weighted by Crippen LogP contribution is 2.35. The summed E-state index contributed by atoms with van der Waals surface area (Å²) in [5.74, 6) is 0.777. The van der Waals surface area contributed by atoms with Gasteiger partial charge in [-0.2, -0.15) is 0 Å². The van der Waals surface area contributed by atoms with Crippen molar-refractivity contribution in [1.82, 2.24) is 14.9 Å². The Hall–Kier alpha value is -3.54. The van der Waals surface area contributed by atoms with Gasteiger partial charge in [0, 0.05) is 30.1 Å². The maximum Gasteiger partial charge on any atom is 0.191 e. The summed E-state index contributed by atoms with van der Waals surface area (Å²) < 4.78 is 21.6. The molecule has 0 radical (unpaired) electrons. The average molecular weight is 474 g/mol. The molecular weight excluding hydrogens is 446 g/mol. The molecule has 0 bridgehead atoms. The minimum Gasteiger partial charge on any atom is -0.373 e. The highest BCUT2D eigenvalue weighted by Gasteiger charge is 2.27. The highest BCUT2D eigenvalue weighted by atomic mass is 32.2. The van der Waals surface area contributed by atoms with Gasteiger partial charge in [0.2, 0.25) is 0 Å². The van der Waals surface area contributed by atoms with E-state index >= 15 is 0 Å². The number of benzene rings is 2. The largest absolute Gasteiger partial charge is 0.373 e. The van der Waals surface area contributed by atoms with Crippen LogP contribution in [-0.2, 0) is 17.4 Å². The lowest BCUT2D eigenvalue weighted by Gasteiger charge is -2.26. The summed E-state index contributed by atoms with van der Waals surface area (Å²) in [5, 5.41) is 8.24. The fourth-order valence-electron chi connectivity index (χ4n) is 3.67. The molecular formula is C26H27N5O2S. The highest BCUT2D eigenvalue weighted by molar-refractivity contribution is 7.84. The quantitative estimate of drug-likeness (QED) is 0.331. The van der Waals surface area contributed by atoms with E-state index in [9.17, 15) is 4.21 Å². The summed E-state index contributed by atoms with van der Waals surface area (Å²) in [6, 6.07) is 18.8. The summed E-state index contributed by atoms with van der Waals surface area (Å²) in [6.45, 7) is 13.1. The first-order valence-corrected chi connectivity index (χ1v) is 12.1. The van der Waals surface area contributed by atoms with E-state index < -0.39 is 15.7 Å². The molecule has 34 heavy (non-hydrogen) atoms. The number of fused-ring (bicyclic) bond motifs is 1. The second kappa shape index (κ2) is 9.75. The Morgan fingerprint density at radius 2 is 1.91 bits per heavy atom. The zero-order valence-corrected chi connectivity index (χ0v) is 20.4. The fourth-order valence-corrected chi connectivity index (χ4v) is 4.49. The second-order valence-corrected chi connectivity index (χ2v) is 10.9. The van der Waals surface area contributed by atoms with E-state index in [1.807, 2.05) is 76.3 Å². The fraction of sp³-hybridized carbons (Fsp3) is 0.269. The third-order valence-corrected chi connectivity index (χ3v) is 7.07. The molecule has 2 atom stereocenters. The Labute approximate surface area is 202 Å². The normalized spacial score (nSPS) is 13.4. The van der Waals surface area contributed by atoms with Crippen molar-refractivity contribution in [3.8, 4) is 11.3 Å². The first-order chi connectivity index (χ1) is 16.3. The van der Waals surface area contributed by atoms with E-state index in [1.165, 1.54) is 0 Å². The SMILES string of the molecule is [C-]#[N+]c1ccc2c(-c3ccccc3[C@H](Cc3cccc(NC)n3)N[S@@](=O)C(C)(C)C)noc2c1. The van der Waals surface area contributed by atoms with Crippen LogP contribution >= 0.6 is 0 Å². The molecule has 2 N–H and O–H groups in total. The Kier molecular flexibility index (Phi) is 6.77. The lowest BCUT2D eigenvalue weighted by Crippen LogP contribution is -2.36. The first-order valence-electron chi connectivity index (χ1n) is 11.0. The van der Waals surface area contributed by atoms with E-state index in [4.69, 9.17) is 11.1 Å². The first kappa shape index (κ1) is 23.6. The Bertz CT molecular complexity index is 1380. The minimum absolute atomic E-state index is 0.287. The smallest absolute Gasteiger partial charge is 0.191 e. The summed E-state index contributed by atoms with van der Waals surface area (Å²) >= 11 is 0. The van der Waals surface area contributed by atoms with Crippen LogP contribution in [0.25, 0.3) is 27.1 Å². The zero-order valence-electron chi connectivity index (χ0n) is 19.6. The minimum atomic E-state index is -1.31. The van der Waals surface area contributed by atoms with Crippen molar-refractivity contribution in [2.75, 3.05) is 12.4 Å². The third kappa shape index (κ3) is 5.01. The lowest BCUT2D eigenvalue weighted by atomic mass is 9.94. The van der Waals surface area contributed by atoms with Gasteiger partial charge in [0.15, 0.2) is 11.3 Å². The summed E-state index contributed by atoms with van der Waals surface area (Å²) in [7, 11) is 0.529. The van der Waals surface area contributed by atoms with Gasteiger partial charge in [0.05, 0.1) is 28.3 Å². The topological polar surface area (TPSA) is 84.4 Å². The van der Waals surface area contributed by atoms with Crippen molar-refractivity contribution in [3.05, 3.63) is 83.3 Å². The van der Waals surface area contributed by atoms with Crippen LogP contribution in [0.3, 0.4) is 0 Å². The molecule has 174 valence electrons. The van der Waals surface area contributed by atoms with Crippen LogP contribution in [0.2, 0.25) is 0 Å². The van der Waals surface area contributed by atoms with Gasteiger partial charge in [-0.1, -0.05) is 47.6 Å². The Morgan fingerprint density at radius 1 is 1.12 bits per heavy atom. The van der Waals surface area contributed by atoms with Crippen LogP contribution in [0.5, 0.6) is 0 Å². The van der Waals surface area contributed by atoms with E-state index in [0.717, 1.165) is 28.0 Å². The molecule has 0 saturated carbocycles. The molecule has 0 amide bonds. The van der Waals surface area contributed by atoms with Crippen molar-refractivity contribution in [2.45, 2.75) is 38.0 Å². The summed E-state index contributed by atoms with van der Waals surface area (Å²) in [4.78, 5) is 8.15. The van der Waals surface area contributed by atoms with Gasteiger partial charge in [0.25, 0.3) is 0 Å². The van der Waals surface area contributed by atoms with Gasteiger partial charge in [-0.3, -0.25) is 0 Å². The molecule has 0 aliphatic rings. The Morgan fingerprint density at radius 3 is 2.65 bits per heavy atom. The van der Waals surface area contributed by atoms with Crippen LogP contribution in [-0.4, -0.2) is 26.1 Å². The van der Waals surface area contributed by atoms with Crippen LogP contribution in [0, 0.1) is 6.57 Å². The number of hydrogen-bond donors (Lipinski definition) is 2. The third-order valence-electron chi connectivity index (χ3n) is 5.46. The van der Waals surface area contributed by atoms with Crippen molar-refractivity contribution in [2.24, 2.45) is 0 Å². The van der Waals surface area contributed by atoms with Crippen LogP contribution in [0.15, 0.2) is 65.2 Å². The van der Waals surface area contributed by atoms with Gasteiger partial charge in [-0.05, 0) is 44.5 Å². The van der Waals surface area contributed by atoms with Gasteiger partial charge in [0.1, 0.15) is 11.5 Å². The molecule has 0 aliphatic heterocycles. The standard InChI is InChI=1S/C26H27N5O2S/c1-26(2,3)34(32)31-22(15-18-9-8-12-24(28-5)29-18)19-10-6-7-11-20(19)25-21-14-13-17(27-4)16-23(21)33-30-25/h6-14,16,22,31H,15H2,1-3,5H3,(H,28,29)/t22-,34-/m0/s1. The van der Waals surface area contributed by atoms with Crippen LogP contribution < -0.4 is 10.0 Å². The van der Waals surface area contributed by atoms with Gasteiger partial charge in [-0.15, -0.1) is 0 Å². The number of rotatable bonds is 7. The van der Waals surface area contributed by atoms with Crippen molar-refractivity contribution >= 4 is 33.5 Å². The number of nitrogens with zero attached hydrogens (tertiary/aromatic N) is 3.